The van der Waals surface area contributed by atoms with Gasteiger partial charge in [0.1, 0.15) is 0 Å². The Morgan fingerprint density at radius 1 is 1.60 bits per heavy atom. The van der Waals surface area contributed by atoms with Gasteiger partial charge in [-0.2, -0.15) is 4.98 Å². The summed E-state index contributed by atoms with van der Waals surface area (Å²) in [6.07, 6.45) is 0.807. The average molecular weight is 213 g/mol. The molecule has 0 fully saturated rings. The first-order valence-electron chi connectivity index (χ1n) is 4.90. The van der Waals surface area contributed by atoms with Crippen molar-refractivity contribution < 1.29 is 14.1 Å². The van der Waals surface area contributed by atoms with Gasteiger partial charge in [-0.15, -0.1) is 0 Å². The molecule has 6 heteroatoms. The highest BCUT2D eigenvalue weighted by atomic mass is 16.5. The summed E-state index contributed by atoms with van der Waals surface area (Å²) in [5.41, 5.74) is 0. The topological polar surface area (TPSA) is 77.2 Å². The third-order valence-corrected chi connectivity index (χ3v) is 1.95. The standard InChI is InChI=1S/C9H15N3O3/c1-4-6(10-3)8-11-7(12-15-8)9(13)14-5-2/h6,10H,4-5H2,1-3H3. The summed E-state index contributed by atoms with van der Waals surface area (Å²) in [7, 11) is 1.79. The number of rotatable bonds is 5. The van der Waals surface area contributed by atoms with Gasteiger partial charge in [-0.1, -0.05) is 6.92 Å². The minimum atomic E-state index is -0.557. The average Bonchev–Trinajstić information content (AvgIpc) is 2.69. The second-order valence-electron chi connectivity index (χ2n) is 2.93. The van der Waals surface area contributed by atoms with Crippen molar-refractivity contribution in [3.8, 4) is 0 Å². The van der Waals surface area contributed by atoms with Gasteiger partial charge in [-0.25, -0.2) is 4.79 Å². The molecule has 0 aliphatic heterocycles. The van der Waals surface area contributed by atoms with E-state index in [0.717, 1.165) is 6.42 Å². The summed E-state index contributed by atoms with van der Waals surface area (Å²) in [5, 5.41) is 6.55. The minimum Gasteiger partial charge on any atom is -0.460 e. The van der Waals surface area contributed by atoms with Crippen LogP contribution in [0.1, 0.15) is 42.8 Å². The molecule has 0 aliphatic carbocycles. The van der Waals surface area contributed by atoms with Crippen LogP contribution in [0.2, 0.25) is 0 Å². The molecule has 0 spiro atoms. The van der Waals surface area contributed by atoms with E-state index in [1.807, 2.05) is 6.92 Å². The normalized spacial score (nSPS) is 12.5. The van der Waals surface area contributed by atoms with Crippen molar-refractivity contribution in [2.45, 2.75) is 26.3 Å². The van der Waals surface area contributed by atoms with Gasteiger partial charge in [0.2, 0.25) is 5.89 Å². The molecule has 1 unspecified atom stereocenters. The molecule has 0 saturated heterocycles. The van der Waals surface area contributed by atoms with Crippen LogP contribution >= 0.6 is 0 Å². The zero-order valence-electron chi connectivity index (χ0n) is 9.11. The highest BCUT2D eigenvalue weighted by Crippen LogP contribution is 2.13. The van der Waals surface area contributed by atoms with E-state index in [1.165, 1.54) is 0 Å². The summed E-state index contributed by atoms with van der Waals surface area (Å²) in [5.74, 6) is -0.179. The Kier molecular flexibility index (Phi) is 4.23. The second-order valence-corrected chi connectivity index (χ2v) is 2.93. The SMILES string of the molecule is CCOC(=O)c1noc(C(CC)NC)n1. The predicted octanol–water partition coefficient (Wildman–Crippen LogP) is 0.917. The summed E-state index contributed by atoms with van der Waals surface area (Å²) in [6, 6.07) is -0.0272. The molecule has 1 aromatic heterocycles. The highest BCUT2D eigenvalue weighted by Gasteiger charge is 2.19. The number of hydrogen-bond donors (Lipinski definition) is 1. The number of carbonyl (C=O) groups is 1. The number of hydrogen-bond acceptors (Lipinski definition) is 6. The first-order valence-corrected chi connectivity index (χ1v) is 4.90. The zero-order chi connectivity index (χ0) is 11.3. The van der Waals surface area contributed by atoms with E-state index < -0.39 is 5.97 Å². The number of nitrogens with zero attached hydrogens (tertiary/aromatic N) is 2. The van der Waals surface area contributed by atoms with Crippen molar-refractivity contribution in [2.75, 3.05) is 13.7 Å². The van der Waals surface area contributed by atoms with Gasteiger partial charge in [0.15, 0.2) is 0 Å². The molecule has 1 heterocycles. The molecule has 0 radical (unpaired) electrons. The first-order chi connectivity index (χ1) is 7.22. The Hall–Kier alpha value is -1.43. The van der Waals surface area contributed by atoms with Crippen molar-refractivity contribution in [3.05, 3.63) is 11.7 Å². The van der Waals surface area contributed by atoms with Crippen LogP contribution in [-0.2, 0) is 4.74 Å². The van der Waals surface area contributed by atoms with E-state index in [-0.39, 0.29) is 11.9 Å². The maximum atomic E-state index is 11.2. The lowest BCUT2D eigenvalue weighted by Crippen LogP contribution is -2.16. The maximum absolute atomic E-state index is 11.2. The molecule has 0 saturated carbocycles. The Morgan fingerprint density at radius 3 is 2.87 bits per heavy atom. The van der Waals surface area contributed by atoms with Crippen LogP contribution in [0.15, 0.2) is 4.52 Å². The van der Waals surface area contributed by atoms with Crippen LogP contribution in [0.4, 0.5) is 0 Å². The van der Waals surface area contributed by atoms with Gasteiger partial charge in [0.05, 0.1) is 12.6 Å². The van der Waals surface area contributed by atoms with Crippen molar-refractivity contribution >= 4 is 5.97 Å². The van der Waals surface area contributed by atoms with Gasteiger partial charge in [0, 0.05) is 0 Å². The summed E-state index contributed by atoms with van der Waals surface area (Å²) >= 11 is 0. The predicted molar refractivity (Wildman–Crippen MR) is 52.3 cm³/mol. The van der Waals surface area contributed by atoms with Crippen LogP contribution < -0.4 is 5.32 Å². The fraction of sp³-hybridized carbons (Fsp3) is 0.667. The lowest BCUT2D eigenvalue weighted by molar-refractivity contribution is 0.0508. The number of esters is 1. The lowest BCUT2D eigenvalue weighted by atomic mass is 10.2. The van der Waals surface area contributed by atoms with Crippen molar-refractivity contribution in [2.24, 2.45) is 0 Å². The van der Waals surface area contributed by atoms with E-state index in [4.69, 9.17) is 9.26 Å². The lowest BCUT2D eigenvalue weighted by Gasteiger charge is -2.06. The van der Waals surface area contributed by atoms with Gasteiger partial charge in [-0.3, -0.25) is 0 Å². The van der Waals surface area contributed by atoms with Crippen LogP contribution in [0.3, 0.4) is 0 Å². The Balaban J connectivity index is 2.75. The maximum Gasteiger partial charge on any atom is 0.379 e. The molecule has 6 nitrogen and oxygen atoms in total. The fourth-order valence-corrected chi connectivity index (χ4v) is 1.16. The molecule has 0 bridgehead atoms. The van der Waals surface area contributed by atoms with Crippen molar-refractivity contribution in [1.29, 1.82) is 0 Å². The van der Waals surface area contributed by atoms with Gasteiger partial charge in [0.25, 0.3) is 5.82 Å². The van der Waals surface area contributed by atoms with Crippen molar-refractivity contribution in [3.63, 3.8) is 0 Å². The van der Waals surface area contributed by atoms with E-state index in [2.05, 4.69) is 15.5 Å². The third-order valence-electron chi connectivity index (χ3n) is 1.95. The quantitative estimate of drug-likeness (QED) is 0.733. The molecule has 1 rings (SSSR count). The molecule has 1 atom stereocenters. The Labute approximate surface area is 88.0 Å². The minimum absolute atomic E-state index is 0.0272. The Bertz CT molecular complexity index is 320. The van der Waals surface area contributed by atoms with Crippen LogP contribution in [-0.4, -0.2) is 29.8 Å². The number of ether oxygens (including phenoxy) is 1. The summed E-state index contributed by atoms with van der Waals surface area (Å²) in [4.78, 5) is 15.2. The van der Waals surface area contributed by atoms with E-state index >= 15 is 0 Å². The monoisotopic (exact) mass is 213 g/mol. The number of aromatic nitrogens is 2. The van der Waals surface area contributed by atoms with Crippen LogP contribution in [0.5, 0.6) is 0 Å². The largest absolute Gasteiger partial charge is 0.460 e. The molecule has 1 N–H and O–H groups in total. The molecule has 84 valence electrons. The van der Waals surface area contributed by atoms with Crippen LogP contribution in [0.25, 0.3) is 0 Å². The first kappa shape index (κ1) is 11.6. The molecular formula is C9H15N3O3. The zero-order valence-corrected chi connectivity index (χ0v) is 9.11. The molecule has 0 amide bonds. The summed E-state index contributed by atoms with van der Waals surface area (Å²) < 4.78 is 9.70. The van der Waals surface area contributed by atoms with Gasteiger partial charge >= 0.3 is 5.97 Å². The highest BCUT2D eigenvalue weighted by molar-refractivity contribution is 5.84. The smallest absolute Gasteiger partial charge is 0.379 e. The van der Waals surface area contributed by atoms with Gasteiger partial charge in [-0.05, 0) is 25.5 Å². The third kappa shape index (κ3) is 2.76. The molecule has 1 aromatic rings. The van der Waals surface area contributed by atoms with Crippen LogP contribution in [0, 0.1) is 0 Å². The molecule has 0 aromatic carbocycles. The van der Waals surface area contributed by atoms with Crippen molar-refractivity contribution in [1.82, 2.24) is 15.5 Å². The Morgan fingerprint density at radius 2 is 2.33 bits per heavy atom. The fourth-order valence-electron chi connectivity index (χ4n) is 1.16. The van der Waals surface area contributed by atoms with E-state index in [0.29, 0.717) is 12.5 Å². The van der Waals surface area contributed by atoms with Gasteiger partial charge < -0.3 is 14.6 Å². The van der Waals surface area contributed by atoms with E-state index in [9.17, 15) is 4.79 Å². The molecule has 0 aliphatic rings. The number of carbonyl (C=O) groups excluding carboxylic acids is 1. The number of nitrogens with one attached hydrogen (secondary N) is 1. The summed E-state index contributed by atoms with van der Waals surface area (Å²) in [6.45, 7) is 4.00. The second kappa shape index (κ2) is 5.45. The van der Waals surface area contributed by atoms with E-state index in [1.54, 1.807) is 14.0 Å². The molecule has 15 heavy (non-hydrogen) atoms. The molecular weight excluding hydrogens is 198 g/mol.